The zero-order valence-corrected chi connectivity index (χ0v) is 20.4. The monoisotopic (exact) mass is 506 g/mol. The Balaban J connectivity index is 1.81. The molecule has 35 heavy (non-hydrogen) atoms. The molecule has 1 saturated heterocycles. The molecule has 1 atom stereocenters. The molecule has 0 spiro atoms. The maximum absolute atomic E-state index is 14.5. The molecule has 4 N–H and O–H groups in total. The number of carbonyl (C=O) groups excluding carboxylic acids is 3. The lowest BCUT2D eigenvalue weighted by molar-refractivity contribution is 0.107. The molecule has 2 aromatic carbocycles. The highest BCUT2D eigenvalue weighted by Crippen LogP contribution is 2.24. The molecule has 0 bridgehead atoms. The number of rotatable bonds is 9. The first-order valence-electron chi connectivity index (χ1n) is 11.0. The van der Waals surface area contributed by atoms with Gasteiger partial charge in [-0.1, -0.05) is 23.7 Å². The Hall–Kier alpha value is -3.73. The number of hydrogen-bond acceptors (Lipinski definition) is 5. The maximum Gasteiger partial charge on any atom is 0.331 e. The van der Waals surface area contributed by atoms with E-state index in [0.717, 1.165) is 10.5 Å². The normalized spacial score (nSPS) is 15.7. The number of imide groups is 1. The fourth-order valence-electron chi connectivity index (χ4n) is 3.35. The molecule has 6 amide bonds. The lowest BCUT2D eigenvalue weighted by Crippen LogP contribution is -2.67. The molecule has 12 heteroatoms. The van der Waals surface area contributed by atoms with Crippen molar-refractivity contribution in [2.24, 2.45) is 0 Å². The molecule has 10 nitrogen and oxygen atoms in total. The van der Waals surface area contributed by atoms with Crippen LogP contribution in [0.15, 0.2) is 42.5 Å². The number of anilines is 1. The Labute approximate surface area is 207 Å². The van der Waals surface area contributed by atoms with Crippen molar-refractivity contribution in [3.05, 3.63) is 58.9 Å². The Bertz CT molecular complexity index is 1070. The molecule has 0 aromatic heterocycles. The smallest absolute Gasteiger partial charge is 0.331 e. The minimum atomic E-state index is -0.968. The number of amides is 6. The van der Waals surface area contributed by atoms with Crippen molar-refractivity contribution >= 4 is 35.4 Å². The van der Waals surface area contributed by atoms with E-state index in [0.29, 0.717) is 10.7 Å². The van der Waals surface area contributed by atoms with E-state index in [9.17, 15) is 18.8 Å². The molecular formula is C23H28ClFN6O4. The second kappa shape index (κ2) is 11.6. The molecule has 1 heterocycles. The molecule has 3 rings (SSSR count). The predicted molar refractivity (Wildman–Crippen MR) is 130 cm³/mol. The van der Waals surface area contributed by atoms with Gasteiger partial charge in [-0.25, -0.2) is 23.7 Å². The highest BCUT2D eigenvalue weighted by atomic mass is 35.5. The van der Waals surface area contributed by atoms with Crippen LogP contribution in [0.1, 0.15) is 19.4 Å². The van der Waals surface area contributed by atoms with Crippen LogP contribution >= 0.6 is 11.6 Å². The van der Waals surface area contributed by atoms with Crippen LogP contribution < -0.4 is 26.0 Å². The lowest BCUT2D eigenvalue weighted by atomic mass is 10.2. The number of carbonyl (C=O) groups is 3. The average Bonchev–Trinajstić information content (AvgIpc) is 2.81. The summed E-state index contributed by atoms with van der Waals surface area (Å²) < 4.78 is 19.9. The molecule has 0 radical (unpaired) electrons. The van der Waals surface area contributed by atoms with Crippen molar-refractivity contribution in [3.63, 3.8) is 0 Å². The molecule has 1 aliphatic heterocycles. The first-order chi connectivity index (χ1) is 16.7. The summed E-state index contributed by atoms with van der Waals surface area (Å²) in [7, 11) is 1.46. The Kier molecular flexibility index (Phi) is 8.58. The highest BCUT2D eigenvalue weighted by molar-refractivity contribution is 6.30. The van der Waals surface area contributed by atoms with Crippen LogP contribution in [0.3, 0.4) is 0 Å². The highest BCUT2D eigenvalue weighted by Gasteiger charge is 2.38. The van der Waals surface area contributed by atoms with E-state index in [2.05, 4.69) is 21.3 Å². The van der Waals surface area contributed by atoms with Crippen LogP contribution in [0.2, 0.25) is 5.02 Å². The fraction of sp³-hybridized carbons (Fsp3) is 0.348. The van der Waals surface area contributed by atoms with Gasteiger partial charge in [0.25, 0.3) is 0 Å². The van der Waals surface area contributed by atoms with Gasteiger partial charge in [-0.2, -0.15) is 0 Å². The van der Waals surface area contributed by atoms with E-state index >= 15 is 0 Å². The zero-order valence-electron chi connectivity index (χ0n) is 19.6. The molecule has 1 unspecified atom stereocenters. The number of benzene rings is 2. The third-order valence-corrected chi connectivity index (χ3v) is 5.26. The van der Waals surface area contributed by atoms with Crippen molar-refractivity contribution < 1.29 is 23.5 Å². The largest absolute Gasteiger partial charge is 0.488 e. The van der Waals surface area contributed by atoms with E-state index < -0.39 is 30.2 Å². The molecule has 2 aromatic rings. The van der Waals surface area contributed by atoms with Crippen molar-refractivity contribution in [3.8, 4) is 5.75 Å². The SMILES string of the molecule is CNC(=O)NCCN1C(=O)NC(Nc2ccc(OC(C)C)c(F)c2)N(Cc2ccc(Cl)cc2)C1=O. The standard InChI is InChI=1S/C23H28ClFN6O4/c1-14(2)35-19-9-8-17(12-18(19)25)28-20-29-22(33)30(11-10-27-21(32)26-3)23(34)31(20)13-15-4-6-16(24)7-5-15/h4-9,12,14,20,28H,10-11,13H2,1-3H3,(H,29,33)(H2,26,27,32). The third-order valence-electron chi connectivity index (χ3n) is 5.01. The van der Waals surface area contributed by atoms with Crippen LogP contribution in [-0.2, 0) is 6.54 Å². The number of halogens is 2. The van der Waals surface area contributed by atoms with Gasteiger partial charge >= 0.3 is 18.1 Å². The van der Waals surface area contributed by atoms with Crippen molar-refractivity contribution in [2.75, 3.05) is 25.5 Å². The van der Waals surface area contributed by atoms with Crippen LogP contribution in [0.5, 0.6) is 5.75 Å². The average molecular weight is 507 g/mol. The number of nitrogens with one attached hydrogen (secondary N) is 4. The van der Waals surface area contributed by atoms with Gasteiger partial charge in [0.05, 0.1) is 12.6 Å². The molecular weight excluding hydrogens is 479 g/mol. The first-order valence-corrected chi connectivity index (χ1v) is 11.4. The van der Waals surface area contributed by atoms with Crippen LogP contribution in [-0.4, -0.2) is 60.4 Å². The summed E-state index contributed by atoms with van der Waals surface area (Å²) in [5.41, 5.74) is 1.11. The summed E-state index contributed by atoms with van der Waals surface area (Å²) in [5.74, 6) is -0.481. The summed E-state index contributed by atoms with van der Waals surface area (Å²) in [6.07, 6.45) is -1.16. The quantitative estimate of drug-likeness (QED) is 0.415. The van der Waals surface area contributed by atoms with E-state index in [4.69, 9.17) is 16.3 Å². The Morgan fingerprint density at radius 2 is 1.91 bits per heavy atom. The van der Waals surface area contributed by atoms with Crippen LogP contribution in [0.4, 0.5) is 24.5 Å². The minimum Gasteiger partial charge on any atom is -0.488 e. The van der Waals surface area contributed by atoms with Gasteiger partial charge in [-0.15, -0.1) is 0 Å². The molecule has 0 saturated carbocycles. The van der Waals surface area contributed by atoms with Gasteiger partial charge in [-0.3, -0.25) is 10.2 Å². The second-order valence-electron chi connectivity index (χ2n) is 8.00. The topological polar surface area (TPSA) is 115 Å². The van der Waals surface area contributed by atoms with Gasteiger partial charge in [0.1, 0.15) is 0 Å². The van der Waals surface area contributed by atoms with Crippen molar-refractivity contribution in [2.45, 2.75) is 32.8 Å². The zero-order chi connectivity index (χ0) is 25.5. The summed E-state index contributed by atoms with van der Waals surface area (Å²) in [4.78, 5) is 39.8. The van der Waals surface area contributed by atoms with E-state index in [1.54, 1.807) is 44.2 Å². The third kappa shape index (κ3) is 6.89. The number of urea groups is 3. The molecule has 188 valence electrons. The van der Waals surface area contributed by atoms with Crippen molar-refractivity contribution in [1.29, 1.82) is 0 Å². The second-order valence-corrected chi connectivity index (χ2v) is 8.44. The fourth-order valence-corrected chi connectivity index (χ4v) is 3.48. The van der Waals surface area contributed by atoms with E-state index in [-0.39, 0.29) is 31.5 Å². The van der Waals surface area contributed by atoms with Gasteiger partial charge in [0, 0.05) is 36.9 Å². The van der Waals surface area contributed by atoms with E-state index in [1.807, 2.05) is 0 Å². The van der Waals surface area contributed by atoms with Gasteiger partial charge in [-0.05, 0) is 43.7 Å². The number of nitrogens with zero attached hydrogens (tertiary/aromatic N) is 2. The Morgan fingerprint density at radius 1 is 1.20 bits per heavy atom. The van der Waals surface area contributed by atoms with Gasteiger partial charge < -0.3 is 20.7 Å². The molecule has 1 aliphatic rings. The summed E-state index contributed by atoms with van der Waals surface area (Å²) >= 11 is 5.97. The first kappa shape index (κ1) is 25.9. The minimum absolute atomic E-state index is 0.0439. The van der Waals surface area contributed by atoms with E-state index in [1.165, 1.54) is 24.1 Å². The predicted octanol–water partition coefficient (Wildman–Crippen LogP) is 3.54. The molecule has 1 fully saturated rings. The maximum atomic E-state index is 14.5. The van der Waals surface area contributed by atoms with Crippen LogP contribution in [0.25, 0.3) is 0 Å². The van der Waals surface area contributed by atoms with Crippen LogP contribution in [0, 0.1) is 5.82 Å². The van der Waals surface area contributed by atoms with Gasteiger partial charge in [0.2, 0.25) is 0 Å². The summed E-state index contributed by atoms with van der Waals surface area (Å²) in [5, 5.41) is 11.2. The number of ether oxygens (including phenoxy) is 1. The lowest BCUT2D eigenvalue weighted by Gasteiger charge is -2.41. The van der Waals surface area contributed by atoms with Crippen molar-refractivity contribution in [1.82, 2.24) is 25.8 Å². The number of hydrogen-bond donors (Lipinski definition) is 4. The summed E-state index contributed by atoms with van der Waals surface area (Å²) in [6.45, 7) is 3.73. The molecule has 0 aliphatic carbocycles. The van der Waals surface area contributed by atoms with Gasteiger partial charge in [0.15, 0.2) is 17.9 Å². The Morgan fingerprint density at radius 3 is 2.54 bits per heavy atom. The summed E-state index contributed by atoms with van der Waals surface area (Å²) in [6, 6.07) is 9.55.